The van der Waals surface area contributed by atoms with Crippen LogP contribution in [0.25, 0.3) is 0 Å². The second kappa shape index (κ2) is 5.51. The van der Waals surface area contributed by atoms with Gasteiger partial charge in [-0.1, -0.05) is 15.9 Å². The maximum Gasteiger partial charge on any atom is 0.143 e. The summed E-state index contributed by atoms with van der Waals surface area (Å²) in [5.74, 6) is 0.724. The number of thiazole rings is 1. The number of rotatable bonds is 4. The third-order valence-corrected chi connectivity index (χ3v) is 3.90. The van der Waals surface area contributed by atoms with E-state index in [9.17, 15) is 0 Å². The molecule has 1 heterocycles. The molecule has 0 spiro atoms. The molecular formula is C12H13BrN2OS. The summed E-state index contributed by atoms with van der Waals surface area (Å²) in [7, 11) is 0. The lowest BCUT2D eigenvalue weighted by molar-refractivity contribution is 0.324. The van der Waals surface area contributed by atoms with E-state index in [0.29, 0.717) is 12.3 Å². The number of anilines is 1. The molecule has 2 N–H and O–H groups in total. The Morgan fingerprint density at radius 2 is 2.29 bits per heavy atom. The summed E-state index contributed by atoms with van der Waals surface area (Å²) < 4.78 is 6.64. The lowest BCUT2D eigenvalue weighted by Crippen LogP contribution is -2.03. The molecule has 0 unspecified atom stereocenters. The number of ether oxygens (including phenoxy) is 1. The van der Waals surface area contributed by atoms with Gasteiger partial charge in [-0.05, 0) is 25.1 Å². The molecule has 0 saturated heterocycles. The number of nitrogens with zero attached hydrogens (tertiary/aromatic N) is 1. The minimum atomic E-state index is 0.615. The number of hydrogen-bond acceptors (Lipinski definition) is 4. The van der Waals surface area contributed by atoms with Gasteiger partial charge in [-0.25, -0.2) is 4.98 Å². The quantitative estimate of drug-likeness (QED) is 0.880. The molecule has 3 nitrogen and oxygen atoms in total. The minimum absolute atomic E-state index is 0.615. The van der Waals surface area contributed by atoms with Crippen LogP contribution in [0.5, 0.6) is 5.75 Å². The first-order chi connectivity index (χ1) is 8.16. The number of nitrogen functional groups attached to an aromatic ring is 1. The van der Waals surface area contributed by atoms with Crippen molar-refractivity contribution in [3.8, 4) is 5.75 Å². The lowest BCUT2D eigenvalue weighted by atomic mass is 10.3. The summed E-state index contributed by atoms with van der Waals surface area (Å²) in [4.78, 5) is 5.47. The topological polar surface area (TPSA) is 48.1 Å². The molecular weight excluding hydrogens is 300 g/mol. The van der Waals surface area contributed by atoms with Gasteiger partial charge in [0, 0.05) is 15.8 Å². The zero-order valence-corrected chi connectivity index (χ0v) is 11.8. The van der Waals surface area contributed by atoms with Crippen LogP contribution >= 0.6 is 27.3 Å². The molecule has 90 valence electrons. The summed E-state index contributed by atoms with van der Waals surface area (Å²) in [6.45, 7) is 2.63. The van der Waals surface area contributed by atoms with Crippen LogP contribution in [0.1, 0.15) is 10.6 Å². The molecule has 0 aliphatic rings. The van der Waals surface area contributed by atoms with Crippen molar-refractivity contribution in [1.29, 1.82) is 0 Å². The SMILES string of the molecule is Cc1ncsc1CCOc1cc(Br)ccc1N. The zero-order chi connectivity index (χ0) is 12.3. The highest BCUT2D eigenvalue weighted by molar-refractivity contribution is 9.10. The van der Waals surface area contributed by atoms with Crippen molar-refractivity contribution in [3.05, 3.63) is 38.8 Å². The van der Waals surface area contributed by atoms with E-state index in [1.807, 2.05) is 30.6 Å². The smallest absolute Gasteiger partial charge is 0.143 e. The molecule has 17 heavy (non-hydrogen) atoms. The van der Waals surface area contributed by atoms with Crippen LogP contribution in [0, 0.1) is 6.92 Å². The lowest BCUT2D eigenvalue weighted by Gasteiger charge is -2.08. The van der Waals surface area contributed by atoms with Gasteiger partial charge < -0.3 is 10.5 Å². The van der Waals surface area contributed by atoms with E-state index < -0.39 is 0 Å². The molecule has 1 aromatic heterocycles. The van der Waals surface area contributed by atoms with E-state index >= 15 is 0 Å². The van der Waals surface area contributed by atoms with Crippen LogP contribution in [0.3, 0.4) is 0 Å². The molecule has 5 heteroatoms. The van der Waals surface area contributed by atoms with Gasteiger partial charge in [0.05, 0.1) is 23.5 Å². The molecule has 0 saturated carbocycles. The third-order valence-electron chi connectivity index (χ3n) is 2.41. The van der Waals surface area contributed by atoms with Crippen molar-refractivity contribution in [2.75, 3.05) is 12.3 Å². The maximum atomic E-state index is 5.82. The van der Waals surface area contributed by atoms with Crippen molar-refractivity contribution >= 4 is 33.0 Å². The van der Waals surface area contributed by atoms with Crippen LogP contribution in [0.15, 0.2) is 28.2 Å². The van der Waals surface area contributed by atoms with E-state index in [0.717, 1.165) is 22.3 Å². The summed E-state index contributed by atoms with van der Waals surface area (Å²) in [5, 5.41) is 0. The Morgan fingerprint density at radius 1 is 1.47 bits per heavy atom. The fraction of sp³-hybridized carbons (Fsp3) is 0.250. The largest absolute Gasteiger partial charge is 0.491 e. The molecule has 1 aromatic carbocycles. The predicted molar refractivity (Wildman–Crippen MR) is 74.6 cm³/mol. The molecule has 2 aromatic rings. The highest BCUT2D eigenvalue weighted by Gasteiger charge is 2.04. The number of hydrogen-bond donors (Lipinski definition) is 1. The van der Waals surface area contributed by atoms with Crippen LogP contribution < -0.4 is 10.5 Å². The van der Waals surface area contributed by atoms with Crippen molar-refractivity contribution in [1.82, 2.24) is 4.98 Å². The monoisotopic (exact) mass is 312 g/mol. The van der Waals surface area contributed by atoms with Gasteiger partial charge in [-0.2, -0.15) is 0 Å². The first-order valence-corrected chi connectivity index (χ1v) is 6.91. The van der Waals surface area contributed by atoms with E-state index in [2.05, 4.69) is 20.9 Å². The zero-order valence-electron chi connectivity index (χ0n) is 9.44. The van der Waals surface area contributed by atoms with Crippen molar-refractivity contribution in [2.45, 2.75) is 13.3 Å². The Hall–Kier alpha value is -1.07. The standard InChI is InChI=1S/C12H13BrN2OS/c1-8-12(17-7-15-8)4-5-16-11-6-9(13)2-3-10(11)14/h2-3,6-7H,4-5,14H2,1H3. The molecule has 0 aliphatic heterocycles. The number of benzene rings is 1. The number of halogens is 1. The number of aromatic nitrogens is 1. The predicted octanol–water partition coefficient (Wildman–Crippen LogP) is 3.42. The summed E-state index contributed by atoms with van der Waals surface area (Å²) in [5.41, 5.74) is 9.43. The van der Waals surface area contributed by atoms with E-state index in [1.54, 1.807) is 11.3 Å². The fourth-order valence-electron chi connectivity index (χ4n) is 1.45. The average molecular weight is 313 g/mol. The van der Waals surface area contributed by atoms with Crippen LogP contribution in [-0.4, -0.2) is 11.6 Å². The molecule has 0 fully saturated rings. The second-order valence-corrected chi connectivity index (χ2v) is 5.50. The Balaban J connectivity index is 1.94. The maximum absolute atomic E-state index is 5.82. The minimum Gasteiger partial charge on any atom is -0.491 e. The summed E-state index contributed by atoms with van der Waals surface area (Å²) >= 11 is 5.06. The number of aryl methyl sites for hydroxylation is 1. The van der Waals surface area contributed by atoms with E-state index in [4.69, 9.17) is 10.5 Å². The van der Waals surface area contributed by atoms with Crippen LogP contribution in [-0.2, 0) is 6.42 Å². The molecule has 0 atom stereocenters. The molecule has 0 radical (unpaired) electrons. The van der Waals surface area contributed by atoms with Gasteiger partial charge in [0.2, 0.25) is 0 Å². The Bertz CT molecular complexity index is 513. The molecule has 0 bridgehead atoms. The van der Waals surface area contributed by atoms with Crippen LogP contribution in [0.4, 0.5) is 5.69 Å². The van der Waals surface area contributed by atoms with Crippen LogP contribution in [0.2, 0.25) is 0 Å². The number of nitrogens with two attached hydrogens (primary N) is 1. The average Bonchev–Trinajstić information content (AvgIpc) is 2.70. The second-order valence-electron chi connectivity index (χ2n) is 3.64. The van der Waals surface area contributed by atoms with E-state index in [1.165, 1.54) is 4.88 Å². The van der Waals surface area contributed by atoms with Crippen molar-refractivity contribution in [3.63, 3.8) is 0 Å². The third kappa shape index (κ3) is 3.20. The molecule has 0 aliphatic carbocycles. The van der Waals surface area contributed by atoms with Crippen molar-refractivity contribution < 1.29 is 4.74 Å². The normalized spacial score (nSPS) is 10.5. The van der Waals surface area contributed by atoms with Gasteiger partial charge in [0.1, 0.15) is 5.75 Å². The summed E-state index contributed by atoms with van der Waals surface area (Å²) in [6, 6.07) is 5.61. The van der Waals surface area contributed by atoms with Gasteiger partial charge in [0.15, 0.2) is 0 Å². The first-order valence-electron chi connectivity index (χ1n) is 5.23. The first kappa shape index (κ1) is 12.4. The Labute approximate surface area is 113 Å². The Morgan fingerprint density at radius 3 is 3.00 bits per heavy atom. The van der Waals surface area contributed by atoms with Gasteiger partial charge in [-0.3, -0.25) is 0 Å². The highest BCUT2D eigenvalue weighted by Crippen LogP contribution is 2.26. The van der Waals surface area contributed by atoms with Crippen molar-refractivity contribution in [2.24, 2.45) is 0 Å². The van der Waals surface area contributed by atoms with Gasteiger partial charge in [0.25, 0.3) is 0 Å². The Kier molecular flexibility index (Phi) is 4.02. The van der Waals surface area contributed by atoms with E-state index in [-0.39, 0.29) is 0 Å². The highest BCUT2D eigenvalue weighted by atomic mass is 79.9. The van der Waals surface area contributed by atoms with Gasteiger partial charge >= 0.3 is 0 Å². The van der Waals surface area contributed by atoms with Gasteiger partial charge in [-0.15, -0.1) is 11.3 Å². The molecule has 0 amide bonds. The molecule has 2 rings (SSSR count). The summed E-state index contributed by atoms with van der Waals surface area (Å²) in [6.07, 6.45) is 0.864. The fourth-order valence-corrected chi connectivity index (χ4v) is 2.56.